The molecule has 0 spiro atoms. The maximum atomic E-state index is 9.38. The Morgan fingerprint density at radius 1 is 1.21 bits per heavy atom. The zero-order valence-electron chi connectivity index (χ0n) is 19.3. The van der Waals surface area contributed by atoms with Gasteiger partial charge in [-0.25, -0.2) is 4.98 Å². The molecular weight excluding hydrogens is 426 g/mol. The van der Waals surface area contributed by atoms with Crippen molar-refractivity contribution in [2.75, 3.05) is 20.6 Å². The van der Waals surface area contributed by atoms with Crippen LogP contribution in [-0.4, -0.2) is 55.1 Å². The summed E-state index contributed by atoms with van der Waals surface area (Å²) >= 11 is 0. The van der Waals surface area contributed by atoms with E-state index in [0.717, 1.165) is 46.6 Å². The topological polar surface area (TPSA) is 112 Å². The molecule has 34 heavy (non-hydrogen) atoms. The Labute approximate surface area is 197 Å². The summed E-state index contributed by atoms with van der Waals surface area (Å²) in [5.74, 6) is -0.0310. The molecule has 5 rings (SSSR count). The Balaban J connectivity index is 1.54. The molecule has 4 aromatic heterocycles. The molecule has 1 fully saturated rings. The van der Waals surface area contributed by atoms with Crippen LogP contribution >= 0.6 is 0 Å². The Morgan fingerprint density at radius 3 is 2.82 bits per heavy atom. The molecule has 1 aliphatic carbocycles. The van der Waals surface area contributed by atoms with Crippen LogP contribution in [0.1, 0.15) is 19.3 Å². The van der Waals surface area contributed by atoms with E-state index < -0.39 is 5.54 Å². The summed E-state index contributed by atoms with van der Waals surface area (Å²) in [6.07, 6.45) is 9.10. The quantitative estimate of drug-likeness (QED) is 0.423. The normalized spacial score (nSPS) is 19.6. The summed E-state index contributed by atoms with van der Waals surface area (Å²) in [5.41, 5.74) is 3.57. The molecule has 0 bridgehead atoms. The third-order valence-corrected chi connectivity index (χ3v) is 6.47. The van der Waals surface area contributed by atoms with Gasteiger partial charge in [-0.3, -0.25) is 14.3 Å². The van der Waals surface area contributed by atoms with E-state index in [1.165, 1.54) is 0 Å². The van der Waals surface area contributed by atoms with E-state index in [1.54, 1.807) is 6.20 Å². The van der Waals surface area contributed by atoms with E-state index in [2.05, 4.69) is 27.1 Å². The van der Waals surface area contributed by atoms with Crippen molar-refractivity contribution in [3.63, 3.8) is 0 Å². The minimum atomic E-state index is -0.424. The average Bonchev–Trinajstić information content (AvgIpc) is 3.49. The Kier molecular flexibility index (Phi) is 5.56. The van der Waals surface area contributed by atoms with Gasteiger partial charge in [0.2, 0.25) is 0 Å². The van der Waals surface area contributed by atoms with Gasteiger partial charge in [-0.2, -0.15) is 20.7 Å². The molecule has 4 aromatic rings. The molecule has 9 heteroatoms. The predicted octanol–water partition coefficient (Wildman–Crippen LogP) is 3.46. The molecule has 0 N–H and O–H groups in total. The van der Waals surface area contributed by atoms with Crippen LogP contribution in [0.3, 0.4) is 0 Å². The van der Waals surface area contributed by atoms with Gasteiger partial charge in [0.05, 0.1) is 54.0 Å². The Hall–Kier alpha value is -4.08. The zero-order chi connectivity index (χ0) is 23.7. The molecule has 0 aromatic carbocycles. The lowest BCUT2D eigenvalue weighted by molar-refractivity contribution is 0.0884. The molecule has 4 heterocycles. The summed E-state index contributed by atoms with van der Waals surface area (Å²) in [6, 6.07) is 12.4. The maximum Gasteiger partial charge on any atom is 0.111 e. The lowest BCUT2D eigenvalue weighted by atomic mass is 9.67. The number of pyridine rings is 2. The summed E-state index contributed by atoms with van der Waals surface area (Å²) in [4.78, 5) is 11.7. The van der Waals surface area contributed by atoms with Gasteiger partial charge in [-0.1, -0.05) is 0 Å². The first-order chi connectivity index (χ1) is 16.5. The minimum Gasteiger partial charge on any atom is -0.308 e. The van der Waals surface area contributed by atoms with Crippen molar-refractivity contribution in [1.82, 2.24) is 34.4 Å². The average molecular weight is 452 g/mol. The highest BCUT2D eigenvalue weighted by Crippen LogP contribution is 2.46. The molecule has 0 atom stereocenters. The van der Waals surface area contributed by atoms with Crippen molar-refractivity contribution >= 4 is 10.9 Å². The van der Waals surface area contributed by atoms with Crippen LogP contribution < -0.4 is 0 Å². The van der Waals surface area contributed by atoms with Crippen molar-refractivity contribution in [2.45, 2.75) is 31.3 Å². The molecule has 0 radical (unpaired) electrons. The second-order valence-electron chi connectivity index (χ2n) is 9.16. The number of nitriles is 2. The van der Waals surface area contributed by atoms with E-state index in [1.807, 2.05) is 66.3 Å². The molecule has 170 valence electrons. The molecule has 0 saturated heterocycles. The van der Waals surface area contributed by atoms with Gasteiger partial charge < -0.3 is 4.90 Å². The van der Waals surface area contributed by atoms with Gasteiger partial charge in [0.15, 0.2) is 0 Å². The number of likely N-dealkylation sites (N-methyl/N-ethyl adjacent to an activating group) is 1. The summed E-state index contributed by atoms with van der Waals surface area (Å²) in [5, 5.41) is 28.9. The molecule has 1 saturated carbocycles. The number of hydrogen-bond acceptors (Lipinski definition) is 7. The molecule has 1 aliphatic rings. The fourth-order valence-corrected chi connectivity index (χ4v) is 4.56. The zero-order valence-corrected chi connectivity index (χ0v) is 19.3. The monoisotopic (exact) mass is 451 g/mol. The third-order valence-electron chi connectivity index (χ3n) is 6.47. The number of nitrogens with zero attached hydrogens (tertiary/aromatic N) is 9. The van der Waals surface area contributed by atoms with Gasteiger partial charge in [0.25, 0.3) is 0 Å². The van der Waals surface area contributed by atoms with Crippen LogP contribution in [0.15, 0.2) is 49.1 Å². The molecule has 0 aliphatic heterocycles. The van der Waals surface area contributed by atoms with E-state index >= 15 is 0 Å². The van der Waals surface area contributed by atoms with E-state index in [4.69, 9.17) is 10.1 Å². The number of rotatable bonds is 7. The van der Waals surface area contributed by atoms with Crippen LogP contribution in [0.25, 0.3) is 33.5 Å². The minimum absolute atomic E-state index is 0.0310. The molecular formula is C25H25N9. The highest BCUT2D eigenvalue weighted by atomic mass is 15.3. The van der Waals surface area contributed by atoms with E-state index in [-0.39, 0.29) is 5.92 Å². The smallest absolute Gasteiger partial charge is 0.111 e. The molecule has 0 amide bonds. The highest BCUT2D eigenvalue weighted by molar-refractivity contribution is 5.93. The van der Waals surface area contributed by atoms with Crippen molar-refractivity contribution in [3.05, 3.63) is 49.1 Å². The van der Waals surface area contributed by atoms with Gasteiger partial charge in [-0.05, 0) is 51.2 Å². The fraction of sp³-hybridized carbons (Fsp3) is 0.360. The van der Waals surface area contributed by atoms with E-state index in [9.17, 15) is 10.5 Å². The Bertz CT molecular complexity index is 1410. The van der Waals surface area contributed by atoms with Crippen molar-refractivity contribution in [3.8, 4) is 34.8 Å². The van der Waals surface area contributed by atoms with Crippen LogP contribution in [-0.2, 0) is 12.1 Å². The van der Waals surface area contributed by atoms with Crippen molar-refractivity contribution < 1.29 is 0 Å². The summed E-state index contributed by atoms with van der Waals surface area (Å²) < 4.78 is 3.77. The third kappa shape index (κ3) is 3.91. The van der Waals surface area contributed by atoms with Gasteiger partial charge >= 0.3 is 0 Å². The summed E-state index contributed by atoms with van der Waals surface area (Å²) in [6.45, 7) is 1.69. The predicted molar refractivity (Wildman–Crippen MR) is 127 cm³/mol. The Morgan fingerprint density at radius 2 is 2.06 bits per heavy atom. The molecule has 0 unspecified atom stereocenters. The summed E-state index contributed by atoms with van der Waals surface area (Å²) in [7, 11) is 4.08. The van der Waals surface area contributed by atoms with Crippen molar-refractivity contribution in [2.24, 2.45) is 5.92 Å². The first-order valence-corrected chi connectivity index (χ1v) is 11.3. The van der Waals surface area contributed by atoms with Crippen LogP contribution in [0.5, 0.6) is 0 Å². The van der Waals surface area contributed by atoms with Gasteiger partial charge in [0, 0.05) is 36.1 Å². The van der Waals surface area contributed by atoms with Crippen LogP contribution in [0.2, 0.25) is 0 Å². The van der Waals surface area contributed by atoms with Crippen molar-refractivity contribution in [1.29, 1.82) is 10.5 Å². The fourth-order valence-electron chi connectivity index (χ4n) is 4.56. The van der Waals surface area contributed by atoms with Gasteiger partial charge in [0.1, 0.15) is 11.4 Å². The number of hydrogen-bond donors (Lipinski definition) is 0. The van der Waals surface area contributed by atoms with Gasteiger partial charge in [-0.15, -0.1) is 0 Å². The van der Waals surface area contributed by atoms with Crippen LogP contribution in [0.4, 0.5) is 0 Å². The molecule has 9 nitrogen and oxygen atoms in total. The second kappa shape index (κ2) is 8.69. The lowest BCUT2D eigenvalue weighted by Crippen LogP contribution is -2.46. The maximum absolute atomic E-state index is 9.38. The highest BCUT2D eigenvalue weighted by Gasteiger charge is 2.46. The standard InChI is InChI=1S/C25H25N9/c1-32(2)10-11-33-17-19(16-29-33)22-12-23-20(4-3-8-28-23)24(30-22)21-5-9-34(31-21)25(6-7-26)13-18(14-25)15-27/h3-5,8-9,12,16-18H,6,10-11,13-14H2,1-2H3. The van der Waals surface area contributed by atoms with E-state index in [0.29, 0.717) is 19.3 Å². The largest absolute Gasteiger partial charge is 0.308 e. The van der Waals surface area contributed by atoms with Crippen LogP contribution in [0, 0.1) is 28.6 Å². The second-order valence-corrected chi connectivity index (χ2v) is 9.16. The number of aromatic nitrogens is 6. The first-order valence-electron chi connectivity index (χ1n) is 11.3. The lowest BCUT2D eigenvalue weighted by Gasteiger charge is -2.43. The number of fused-ring (bicyclic) bond motifs is 1. The SMILES string of the molecule is CN(C)CCn1cc(-c2cc3ncccc3c(-c3ccn(C4(CC#N)CC(C#N)C4)n3)n2)cn1. The first kappa shape index (κ1) is 21.7.